The molecule has 0 aliphatic heterocycles. The minimum absolute atomic E-state index is 0.242. The van der Waals surface area contributed by atoms with Crippen molar-refractivity contribution in [1.29, 1.82) is 0 Å². The second kappa shape index (κ2) is 4.19. The Morgan fingerprint density at radius 1 is 1.47 bits per heavy atom. The van der Waals surface area contributed by atoms with Crippen molar-refractivity contribution in [3.05, 3.63) is 28.5 Å². The molecule has 0 fully saturated rings. The maximum atomic E-state index is 11.6. The number of hydrogen-bond acceptors (Lipinski definition) is 3. The monoisotopic (exact) mass is 227 g/mol. The second-order valence-electron chi connectivity index (χ2n) is 4.26. The van der Waals surface area contributed by atoms with Crippen LogP contribution in [0.25, 0.3) is 0 Å². The van der Waals surface area contributed by atoms with E-state index in [0.717, 1.165) is 0 Å². The van der Waals surface area contributed by atoms with E-state index in [1.165, 1.54) is 7.11 Å². The SMILES string of the molecule is COC(=O)c1c(Cl)ccnc1C(C)(C)C. The Hall–Kier alpha value is -1.09. The van der Waals surface area contributed by atoms with Gasteiger partial charge in [0, 0.05) is 11.6 Å². The fourth-order valence-corrected chi connectivity index (χ4v) is 1.53. The van der Waals surface area contributed by atoms with Crippen LogP contribution in [0.15, 0.2) is 12.3 Å². The van der Waals surface area contributed by atoms with E-state index < -0.39 is 5.97 Å². The number of hydrogen-bond donors (Lipinski definition) is 0. The second-order valence-corrected chi connectivity index (χ2v) is 4.67. The van der Waals surface area contributed by atoms with Crippen molar-refractivity contribution in [2.45, 2.75) is 26.2 Å². The van der Waals surface area contributed by atoms with Gasteiger partial charge in [0.25, 0.3) is 0 Å². The minimum Gasteiger partial charge on any atom is -0.465 e. The van der Waals surface area contributed by atoms with E-state index in [4.69, 9.17) is 11.6 Å². The molecule has 1 aromatic heterocycles. The van der Waals surface area contributed by atoms with Crippen LogP contribution in [0.2, 0.25) is 5.02 Å². The van der Waals surface area contributed by atoms with Gasteiger partial charge in [0.2, 0.25) is 0 Å². The zero-order valence-electron chi connectivity index (χ0n) is 9.30. The molecule has 0 aromatic carbocycles. The van der Waals surface area contributed by atoms with E-state index in [0.29, 0.717) is 16.3 Å². The highest BCUT2D eigenvalue weighted by molar-refractivity contribution is 6.33. The van der Waals surface area contributed by atoms with E-state index in [2.05, 4.69) is 9.72 Å². The summed E-state index contributed by atoms with van der Waals surface area (Å²) in [4.78, 5) is 15.7. The van der Waals surface area contributed by atoms with Crippen LogP contribution in [0, 0.1) is 0 Å². The molecule has 0 saturated heterocycles. The molecule has 0 saturated carbocycles. The summed E-state index contributed by atoms with van der Waals surface area (Å²) in [6, 6.07) is 1.59. The molecule has 15 heavy (non-hydrogen) atoms. The van der Waals surface area contributed by atoms with Crippen molar-refractivity contribution in [2.75, 3.05) is 7.11 Å². The summed E-state index contributed by atoms with van der Waals surface area (Å²) in [6.45, 7) is 5.91. The molecule has 0 unspecified atom stereocenters. The highest BCUT2D eigenvalue weighted by atomic mass is 35.5. The van der Waals surface area contributed by atoms with Crippen molar-refractivity contribution >= 4 is 17.6 Å². The number of halogens is 1. The van der Waals surface area contributed by atoms with Gasteiger partial charge in [-0.05, 0) is 6.07 Å². The molecule has 82 valence electrons. The highest BCUT2D eigenvalue weighted by Gasteiger charge is 2.25. The van der Waals surface area contributed by atoms with Gasteiger partial charge < -0.3 is 4.74 Å². The summed E-state index contributed by atoms with van der Waals surface area (Å²) >= 11 is 5.97. The molecule has 1 rings (SSSR count). The molecule has 0 atom stereocenters. The number of methoxy groups -OCH3 is 1. The Balaban J connectivity index is 3.40. The molecule has 3 nitrogen and oxygen atoms in total. The van der Waals surface area contributed by atoms with Crippen LogP contribution < -0.4 is 0 Å². The number of carbonyl (C=O) groups is 1. The van der Waals surface area contributed by atoms with Gasteiger partial charge in [0.1, 0.15) is 5.56 Å². The maximum absolute atomic E-state index is 11.6. The Bertz CT molecular complexity index is 383. The summed E-state index contributed by atoms with van der Waals surface area (Å²) < 4.78 is 4.69. The number of nitrogens with zero attached hydrogens (tertiary/aromatic N) is 1. The fraction of sp³-hybridized carbons (Fsp3) is 0.455. The predicted molar refractivity (Wildman–Crippen MR) is 59.3 cm³/mol. The Labute approximate surface area is 94.4 Å². The van der Waals surface area contributed by atoms with Gasteiger partial charge in [0.05, 0.1) is 17.8 Å². The average molecular weight is 228 g/mol. The van der Waals surface area contributed by atoms with Crippen LogP contribution in [0.5, 0.6) is 0 Å². The quantitative estimate of drug-likeness (QED) is 0.693. The van der Waals surface area contributed by atoms with E-state index >= 15 is 0 Å². The lowest BCUT2D eigenvalue weighted by atomic mass is 9.88. The number of carbonyl (C=O) groups excluding carboxylic acids is 1. The van der Waals surface area contributed by atoms with Gasteiger partial charge in [-0.15, -0.1) is 0 Å². The number of esters is 1. The van der Waals surface area contributed by atoms with Gasteiger partial charge in [-0.3, -0.25) is 4.98 Å². The van der Waals surface area contributed by atoms with Crippen molar-refractivity contribution in [1.82, 2.24) is 4.98 Å². The molecule has 0 radical (unpaired) electrons. The third kappa shape index (κ3) is 2.48. The zero-order chi connectivity index (χ0) is 11.6. The van der Waals surface area contributed by atoms with Crippen molar-refractivity contribution in [3.8, 4) is 0 Å². The smallest absolute Gasteiger partial charge is 0.341 e. The van der Waals surface area contributed by atoms with Gasteiger partial charge in [-0.2, -0.15) is 0 Å². The first kappa shape index (κ1) is 12.0. The van der Waals surface area contributed by atoms with Crippen molar-refractivity contribution < 1.29 is 9.53 Å². The highest BCUT2D eigenvalue weighted by Crippen LogP contribution is 2.28. The number of aromatic nitrogens is 1. The number of rotatable bonds is 1. The average Bonchev–Trinajstić information content (AvgIpc) is 2.15. The summed E-state index contributed by atoms with van der Waals surface area (Å²) in [5, 5.41) is 0.377. The number of ether oxygens (including phenoxy) is 1. The Kier molecular flexibility index (Phi) is 3.35. The minimum atomic E-state index is -0.446. The van der Waals surface area contributed by atoms with Crippen LogP contribution >= 0.6 is 11.6 Å². The molecule has 0 spiro atoms. The normalized spacial score (nSPS) is 11.3. The summed E-state index contributed by atoms with van der Waals surface area (Å²) in [5.74, 6) is -0.446. The largest absolute Gasteiger partial charge is 0.465 e. The third-order valence-corrected chi connectivity index (χ3v) is 2.32. The van der Waals surface area contributed by atoms with E-state index in [9.17, 15) is 4.79 Å². The molecule has 0 bridgehead atoms. The topological polar surface area (TPSA) is 39.2 Å². The van der Waals surface area contributed by atoms with Crippen molar-refractivity contribution in [3.63, 3.8) is 0 Å². The lowest BCUT2D eigenvalue weighted by Gasteiger charge is -2.20. The van der Waals surface area contributed by atoms with Crippen LogP contribution in [0.3, 0.4) is 0 Å². The van der Waals surface area contributed by atoms with Crippen molar-refractivity contribution in [2.24, 2.45) is 0 Å². The first-order chi connectivity index (χ1) is 6.88. The zero-order valence-corrected chi connectivity index (χ0v) is 10.1. The van der Waals surface area contributed by atoms with Crippen LogP contribution in [-0.2, 0) is 10.2 Å². The summed E-state index contributed by atoms with van der Waals surface area (Å²) in [7, 11) is 1.33. The molecule has 4 heteroatoms. The van der Waals surface area contributed by atoms with Gasteiger partial charge >= 0.3 is 5.97 Å². The first-order valence-corrected chi connectivity index (χ1v) is 4.99. The lowest BCUT2D eigenvalue weighted by Crippen LogP contribution is -2.20. The summed E-state index contributed by atoms with van der Waals surface area (Å²) in [5.41, 5.74) is 0.769. The van der Waals surface area contributed by atoms with E-state index in [1.807, 2.05) is 20.8 Å². The molecular formula is C11H14ClNO2. The van der Waals surface area contributed by atoms with E-state index in [-0.39, 0.29) is 5.41 Å². The van der Waals surface area contributed by atoms with Gasteiger partial charge in [-0.1, -0.05) is 32.4 Å². The Morgan fingerprint density at radius 2 is 2.07 bits per heavy atom. The van der Waals surface area contributed by atoms with Gasteiger partial charge in [0.15, 0.2) is 0 Å². The fourth-order valence-electron chi connectivity index (χ4n) is 1.30. The van der Waals surface area contributed by atoms with Gasteiger partial charge in [-0.25, -0.2) is 4.79 Å². The molecule has 0 aliphatic rings. The Morgan fingerprint density at radius 3 is 2.53 bits per heavy atom. The molecule has 1 aromatic rings. The van der Waals surface area contributed by atoms with Crippen LogP contribution in [0.1, 0.15) is 36.8 Å². The summed E-state index contributed by atoms with van der Waals surface area (Å²) in [6.07, 6.45) is 1.59. The molecule has 1 heterocycles. The standard InChI is InChI=1S/C11H14ClNO2/c1-11(2,3)9-8(10(14)15-4)7(12)5-6-13-9/h5-6H,1-4H3. The van der Waals surface area contributed by atoms with Crippen LogP contribution in [0.4, 0.5) is 0 Å². The molecule has 0 N–H and O–H groups in total. The van der Waals surface area contributed by atoms with Crippen LogP contribution in [-0.4, -0.2) is 18.1 Å². The predicted octanol–water partition coefficient (Wildman–Crippen LogP) is 2.82. The third-order valence-electron chi connectivity index (χ3n) is 2.00. The number of pyridine rings is 1. The maximum Gasteiger partial charge on any atom is 0.341 e. The molecule has 0 amide bonds. The first-order valence-electron chi connectivity index (χ1n) is 4.61. The molecular weight excluding hydrogens is 214 g/mol. The molecule has 0 aliphatic carbocycles. The lowest BCUT2D eigenvalue weighted by molar-refractivity contribution is 0.0597. The van der Waals surface area contributed by atoms with E-state index in [1.54, 1.807) is 12.3 Å².